The van der Waals surface area contributed by atoms with Gasteiger partial charge in [0.05, 0.1) is 22.1 Å². The second-order valence-corrected chi connectivity index (χ2v) is 11.8. The van der Waals surface area contributed by atoms with Crippen LogP contribution in [-0.2, 0) is 18.3 Å². The van der Waals surface area contributed by atoms with Crippen LogP contribution < -0.4 is 26.8 Å². The summed E-state index contributed by atoms with van der Waals surface area (Å²) >= 11 is 0. The van der Waals surface area contributed by atoms with Crippen LogP contribution >= 0.6 is 0 Å². The van der Waals surface area contributed by atoms with Gasteiger partial charge in [0.2, 0.25) is 0 Å². The predicted octanol–water partition coefficient (Wildman–Crippen LogP) is 4.76. The maximum atomic E-state index is 14.9. The number of hydrogen-bond acceptors (Lipinski definition) is 7. The number of benzene rings is 3. The molecule has 0 fully saturated rings. The van der Waals surface area contributed by atoms with Gasteiger partial charge in [0.25, 0.3) is 11.5 Å². The second kappa shape index (κ2) is 13.6. The monoisotopic (exact) mass is 698 g/mol. The van der Waals surface area contributed by atoms with Gasteiger partial charge in [0.15, 0.2) is 0 Å². The molecule has 2 heterocycles. The molecule has 0 bridgehead atoms. The lowest BCUT2D eigenvalue weighted by molar-refractivity contribution is -0.143. The molecule has 5 rings (SSSR count). The Bertz CT molecular complexity index is 2240. The number of nitrogens with one attached hydrogen (secondary N) is 2. The summed E-state index contributed by atoms with van der Waals surface area (Å²) in [6, 6.07) is 8.22. The smallest absolute Gasteiger partial charge is 0.408 e. The van der Waals surface area contributed by atoms with Crippen LogP contribution in [0.4, 0.5) is 33.3 Å². The first-order chi connectivity index (χ1) is 23.5. The Hall–Kier alpha value is -5.80. The fourth-order valence-electron chi connectivity index (χ4n) is 5.65. The number of aliphatic carboxylic acids is 1. The van der Waals surface area contributed by atoms with E-state index in [1.54, 1.807) is 43.3 Å². The minimum atomic E-state index is -4.71. The average molecular weight is 699 g/mol. The van der Waals surface area contributed by atoms with Crippen LogP contribution in [0, 0.1) is 11.6 Å². The number of nitrogens with zero attached hydrogens (tertiary/aromatic N) is 4. The number of aromatic nitrogens is 3. The summed E-state index contributed by atoms with van der Waals surface area (Å²) in [6.45, 7) is 1.23. The number of carbonyl (C=O) groups is 2. The van der Waals surface area contributed by atoms with Crippen molar-refractivity contribution in [1.29, 1.82) is 0 Å². The van der Waals surface area contributed by atoms with Crippen LogP contribution in [0.2, 0.25) is 0 Å². The summed E-state index contributed by atoms with van der Waals surface area (Å²) in [4.78, 5) is 58.7. The molecule has 3 aromatic carbocycles. The Morgan fingerprint density at radius 2 is 1.68 bits per heavy atom. The van der Waals surface area contributed by atoms with Gasteiger partial charge in [-0.05, 0) is 54.4 Å². The summed E-state index contributed by atoms with van der Waals surface area (Å²) in [5, 5.41) is 14.6. The lowest BCUT2D eigenvalue weighted by atomic mass is 9.99. The van der Waals surface area contributed by atoms with E-state index in [0.717, 1.165) is 10.3 Å². The number of alkyl halides is 3. The van der Waals surface area contributed by atoms with Crippen molar-refractivity contribution in [2.45, 2.75) is 38.0 Å². The highest BCUT2D eigenvalue weighted by Gasteiger charge is 2.38. The minimum Gasteiger partial charge on any atom is -0.480 e. The highest BCUT2D eigenvalue weighted by Crippen LogP contribution is 2.28. The van der Waals surface area contributed by atoms with E-state index in [4.69, 9.17) is 0 Å². The molecule has 0 aliphatic heterocycles. The fraction of sp³-hybridized carbons (Fsp3) is 0.265. The van der Waals surface area contributed by atoms with Crippen LogP contribution in [0.3, 0.4) is 0 Å². The molecule has 5 aromatic rings. The SMILES string of the molecule is CC[C@@H](Nc1cc(F)c(C(=O)N[C@@H](Cc2ccc(-n3c(=O)c4cc(N(C)C)ccc4n(C)c3=O)c3ncccc23)C(=O)O)c(F)c1)C(F)(F)F. The van der Waals surface area contributed by atoms with Crippen molar-refractivity contribution in [1.82, 2.24) is 19.4 Å². The number of aryl methyl sites for hydroxylation is 1. The number of anilines is 2. The molecule has 0 saturated carbocycles. The van der Waals surface area contributed by atoms with Crippen molar-refractivity contribution in [3.63, 3.8) is 0 Å². The number of amides is 1. The van der Waals surface area contributed by atoms with E-state index in [2.05, 4.69) is 10.3 Å². The van der Waals surface area contributed by atoms with Crippen molar-refractivity contribution < 1.29 is 36.6 Å². The van der Waals surface area contributed by atoms with Gasteiger partial charge in [0.1, 0.15) is 29.3 Å². The Labute approximate surface area is 280 Å². The molecule has 16 heteroatoms. The van der Waals surface area contributed by atoms with E-state index >= 15 is 0 Å². The molecule has 2 aromatic heterocycles. The lowest BCUT2D eigenvalue weighted by Crippen LogP contribution is -2.43. The van der Waals surface area contributed by atoms with Crippen molar-refractivity contribution in [3.8, 4) is 5.69 Å². The van der Waals surface area contributed by atoms with Crippen molar-refractivity contribution >= 4 is 45.1 Å². The number of halogens is 5. The average Bonchev–Trinajstić information content (AvgIpc) is 3.05. The van der Waals surface area contributed by atoms with Crippen LogP contribution in [-0.4, -0.2) is 63.5 Å². The molecule has 0 spiro atoms. The molecule has 0 radical (unpaired) electrons. The molecule has 262 valence electrons. The van der Waals surface area contributed by atoms with Gasteiger partial charge >= 0.3 is 17.8 Å². The first-order valence-electron chi connectivity index (χ1n) is 15.2. The van der Waals surface area contributed by atoms with Gasteiger partial charge < -0.3 is 20.6 Å². The highest BCUT2D eigenvalue weighted by molar-refractivity contribution is 5.98. The van der Waals surface area contributed by atoms with E-state index in [9.17, 15) is 46.2 Å². The Morgan fingerprint density at radius 1 is 1.00 bits per heavy atom. The third kappa shape index (κ3) is 6.73. The molecule has 0 unspecified atom stereocenters. The topological polar surface area (TPSA) is 139 Å². The largest absolute Gasteiger partial charge is 0.480 e. The zero-order valence-electron chi connectivity index (χ0n) is 27.1. The summed E-state index contributed by atoms with van der Waals surface area (Å²) < 4.78 is 71.6. The summed E-state index contributed by atoms with van der Waals surface area (Å²) in [5.41, 5.74) is -1.34. The minimum absolute atomic E-state index is 0.108. The van der Waals surface area contributed by atoms with Crippen LogP contribution in [0.5, 0.6) is 0 Å². The van der Waals surface area contributed by atoms with Gasteiger partial charge in [-0.2, -0.15) is 13.2 Å². The fourth-order valence-corrected chi connectivity index (χ4v) is 5.65. The maximum absolute atomic E-state index is 14.9. The van der Waals surface area contributed by atoms with Gasteiger partial charge in [-0.25, -0.2) is 22.9 Å². The van der Waals surface area contributed by atoms with E-state index in [-0.39, 0.29) is 16.6 Å². The molecule has 0 aliphatic carbocycles. The Kier molecular flexibility index (Phi) is 9.66. The number of rotatable bonds is 10. The predicted molar refractivity (Wildman–Crippen MR) is 177 cm³/mol. The summed E-state index contributed by atoms with van der Waals surface area (Å²) in [7, 11) is 5.12. The molecular formula is C34H31F5N6O5. The molecule has 1 amide bonds. The maximum Gasteiger partial charge on any atom is 0.408 e. The van der Waals surface area contributed by atoms with Crippen molar-refractivity contribution in [2.24, 2.45) is 7.05 Å². The number of carbonyl (C=O) groups excluding carboxylic acids is 1. The first kappa shape index (κ1) is 35.5. The van der Waals surface area contributed by atoms with Crippen molar-refractivity contribution in [2.75, 3.05) is 24.3 Å². The van der Waals surface area contributed by atoms with E-state index in [0.29, 0.717) is 28.6 Å². The third-order valence-corrected chi connectivity index (χ3v) is 8.29. The summed E-state index contributed by atoms with van der Waals surface area (Å²) in [5.74, 6) is -6.04. The molecule has 50 heavy (non-hydrogen) atoms. The number of pyridine rings is 1. The quantitative estimate of drug-likeness (QED) is 0.178. The zero-order valence-corrected chi connectivity index (χ0v) is 27.1. The highest BCUT2D eigenvalue weighted by atomic mass is 19.4. The molecule has 2 atom stereocenters. The normalized spacial score (nSPS) is 12.9. The molecule has 11 nitrogen and oxygen atoms in total. The van der Waals surface area contributed by atoms with Gasteiger partial charge in [0, 0.05) is 50.5 Å². The van der Waals surface area contributed by atoms with Crippen LogP contribution in [0.25, 0.3) is 27.5 Å². The standard InChI is InChI=1S/C34H31F5N6O5/c1-5-27(34(37,38)39)41-18-14-22(35)28(23(36)15-18)30(46)42-24(32(48)49)13-17-8-10-26(29-20(17)7-6-12-40-29)45-31(47)21-16-19(43(2)3)9-11-25(21)44(4)33(45)50/h6-12,14-16,24,27,41H,5,13H2,1-4H3,(H,42,46)(H,48,49)/t24-,27+/m0/s1. The zero-order chi connectivity index (χ0) is 36.7. The van der Waals surface area contributed by atoms with Crippen LogP contribution in [0.1, 0.15) is 29.3 Å². The second-order valence-electron chi connectivity index (χ2n) is 11.8. The number of carboxylic acids is 1. The van der Waals surface area contributed by atoms with E-state index in [1.165, 1.54) is 42.9 Å². The molecule has 3 N–H and O–H groups in total. The third-order valence-electron chi connectivity index (χ3n) is 8.29. The first-order valence-corrected chi connectivity index (χ1v) is 15.2. The van der Waals surface area contributed by atoms with Gasteiger partial charge in [-0.15, -0.1) is 0 Å². The van der Waals surface area contributed by atoms with Gasteiger partial charge in [-0.3, -0.25) is 19.1 Å². The van der Waals surface area contributed by atoms with E-state index in [1.807, 2.05) is 5.32 Å². The van der Waals surface area contributed by atoms with E-state index < -0.39 is 77.1 Å². The Balaban J connectivity index is 1.50. The lowest BCUT2D eigenvalue weighted by Gasteiger charge is -2.22. The Morgan fingerprint density at radius 3 is 2.28 bits per heavy atom. The summed E-state index contributed by atoms with van der Waals surface area (Å²) in [6.07, 6.45) is -4.16. The molecular weight excluding hydrogens is 667 g/mol. The van der Waals surface area contributed by atoms with Crippen LogP contribution in [0.15, 0.2) is 70.4 Å². The number of fused-ring (bicyclic) bond motifs is 2. The number of carboxylic acid groups (broad SMARTS) is 1. The van der Waals surface area contributed by atoms with Gasteiger partial charge in [-0.1, -0.05) is 19.1 Å². The molecule has 0 saturated heterocycles. The number of hydrogen-bond donors (Lipinski definition) is 3. The molecule has 0 aliphatic rings. The van der Waals surface area contributed by atoms with Crippen molar-refractivity contribution in [3.05, 3.63) is 104 Å².